The van der Waals surface area contributed by atoms with Crippen LogP contribution in [0, 0.1) is 5.92 Å². The summed E-state index contributed by atoms with van der Waals surface area (Å²) in [5, 5.41) is 23.1. The summed E-state index contributed by atoms with van der Waals surface area (Å²) < 4.78 is 41.1. The second kappa shape index (κ2) is 11.5. The Morgan fingerprint density at radius 2 is 1.86 bits per heavy atom. The highest BCUT2D eigenvalue weighted by Gasteiger charge is 2.31. The predicted molar refractivity (Wildman–Crippen MR) is 130 cm³/mol. The highest BCUT2D eigenvalue weighted by molar-refractivity contribution is 7.15. The number of halogens is 3. The average Bonchev–Trinajstić information content (AvgIpc) is 3.25. The van der Waals surface area contributed by atoms with Crippen LogP contribution >= 0.6 is 11.3 Å². The molecule has 0 saturated carbocycles. The lowest BCUT2D eigenvalue weighted by Gasteiger charge is -2.32. The molecule has 3 heterocycles. The van der Waals surface area contributed by atoms with Crippen molar-refractivity contribution in [2.45, 2.75) is 39.0 Å². The number of rotatable bonds is 8. The first-order valence-electron chi connectivity index (χ1n) is 11.5. The molecule has 4 rings (SSSR count). The van der Waals surface area contributed by atoms with Crippen molar-refractivity contribution in [2.24, 2.45) is 5.92 Å². The maximum absolute atomic E-state index is 12.4. The van der Waals surface area contributed by atoms with Gasteiger partial charge in [-0.2, -0.15) is 0 Å². The van der Waals surface area contributed by atoms with E-state index in [1.54, 1.807) is 12.1 Å². The van der Waals surface area contributed by atoms with E-state index in [1.807, 2.05) is 0 Å². The zero-order valence-corrected chi connectivity index (χ0v) is 20.6. The molecule has 37 heavy (non-hydrogen) atoms. The molecule has 2 amide bonds. The van der Waals surface area contributed by atoms with Crippen LogP contribution in [0.2, 0.25) is 0 Å². The van der Waals surface area contributed by atoms with Crippen molar-refractivity contribution in [3.05, 3.63) is 47.0 Å². The van der Waals surface area contributed by atoms with Crippen molar-refractivity contribution >= 4 is 39.9 Å². The van der Waals surface area contributed by atoms with E-state index < -0.39 is 12.3 Å². The van der Waals surface area contributed by atoms with E-state index in [-0.39, 0.29) is 23.9 Å². The molecule has 2 aromatic heterocycles. The maximum atomic E-state index is 12.4. The van der Waals surface area contributed by atoms with Gasteiger partial charge in [0.15, 0.2) is 11.6 Å². The molecule has 1 saturated heterocycles. The Labute approximate surface area is 214 Å². The van der Waals surface area contributed by atoms with E-state index in [1.165, 1.54) is 42.5 Å². The molecule has 0 radical (unpaired) electrons. The number of aromatic nitrogens is 4. The van der Waals surface area contributed by atoms with Crippen molar-refractivity contribution < 1.29 is 27.5 Å². The van der Waals surface area contributed by atoms with Gasteiger partial charge in [0.05, 0.1) is 6.42 Å². The lowest BCUT2D eigenvalue weighted by molar-refractivity contribution is -0.274. The normalized spacial score (nSPS) is 14.3. The fraction of sp³-hybridized carbons (Fsp3) is 0.391. The van der Waals surface area contributed by atoms with E-state index >= 15 is 0 Å². The van der Waals surface area contributed by atoms with E-state index in [0.29, 0.717) is 22.4 Å². The van der Waals surface area contributed by atoms with Crippen molar-refractivity contribution in [1.29, 1.82) is 0 Å². The number of ether oxygens (including phenoxy) is 1. The van der Waals surface area contributed by atoms with Gasteiger partial charge in [-0.05, 0) is 48.6 Å². The number of hydrogen-bond donors (Lipinski definition) is 2. The number of hydrogen-bond acceptors (Lipinski definition) is 9. The van der Waals surface area contributed by atoms with E-state index in [4.69, 9.17) is 0 Å². The molecule has 1 aliphatic heterocycles. The van der Waals surface area contributed by atoms with Crippen LogP contribution in [-0.2, 0) is 22.4 Å². The van der Waals surface area contributed by atoms with Gasteiger partial charge in [-0.3, -0.25) is 9.59 Å². The number of benzene rings is 1. The van der Waals surface area contributed by atoms with Gasteiger partial charge in [0, 0.05) is 26.4 Å². The van der Waals surface area contributed by atoms with E-state index in [9.17, 15) is 22.8 Å². The van der Waals surface area contributed by atoms with Gasteiger partial charge < -0.3 is 20.3 Å². The first kappa shape index (κ1) is 26.3. The number of carbonyl (C=O) groups excluding carboxylic acids is 2. The Hall–Kier alpha value is -3.81. The first-order valence-corrected chi connectivity index (χ1v) is 12.3. The second-order valence-corrected chi connectivity index (χ2v) is 9.58. The molecule has 1 aromatic carbocycles. The number of nitrogens with one attached hydrogen (secondary N) is 2. The number of alkyl halides is 3. The third-order valence-electron chi connectivity index (χ3n) is 5.57. The second-order valence-electron chi connectivity index (χ2n) is 8.51. The maximum Gasteiger partial charge on any atom is 0.573 e. The van der Waals surface area contributed by atoms with E-state index in [2.05, 4.69) is 40.7 Å². The average molecular weight is 536 g/mol. The lowest BCUT2D eigenvalue weighted by Crippen LogP contribution is -2.35. The Balaban J connectivity index is 1.24. The molecule has 0 aliphatic carbocycles. The smallest absolute Gasteiger partial charge is 0.406 e. The number of nitrogens with zero attached hydrogens (tertiary/aromatic N) is 5. The fourth-order valence-corrected chi connectivity index (χ4v) is 4.84. The summed E-state index contributed by atoms with van der Waals surface area (Å²) >= 11 is 1.39. The molecule has 1 aliphatic rings. The topological polar surface area (TPSA) is 122 Å². The number of carbonyl (C=O) groups is 2. The molecule has 0 unspecified atom stereocenters. The molecule has 1 fully saturated rings. The summed E-state index contributed by atoms with van der Waals surface area (Å²) in [6.45, 7) is 3.01. The zero-order chi connectivity index (χ0) is 26.4. The fourth-order valence-electron chi connectivity index (χ4n) is 3.94. The summed E-state index contributed by atoms with van der Waals surface area (Å²) in [4.78, 5) is 25.6. The Morgan fingerprint density at radius 3 is 2.54 bits per heavy atom. The standard InChI is InChI=1S/C23H24F3N7O3S/c1-14(34)27-22-32-31-21(37-22)13-15-7-9-33(10-8-15)19-6-5-18(29-30-19)28-20(35)12-16-3-2-4-17(11-16)36-23(24,25)26/h2-6,11,15H,7-10,12-13H2,1H3,(H,27,32,34)(H,28,29,35). The third-order valence-corrected chi connectivity index (χ3v) is 6.43. The molecular weight excluding hydrogens is 511 g/mol. The molecule has 0 atom stereocenters. The molecule has 2 N–H and O–H groups in total. The Morgan fingerprint density at radius 1 is 1.08 bits per heavy atom. The van der Waals surface area contributed by atoms with Crippen molar-refractivity contribution in [3.63, 3.8) is 0 Å². The largest absolute Gasteiger partial charge is 0.573 e. The molecule has 0 spiro atoms. The minimum absolute atomic E-state index is 0.146. The number of anilines is 3. The quantitative estimate of drug-likeness (QED) is 0.446. The molecular formula is C23H24F3N7O3S. The van der Waals surface area contributed by atoms with Gasteiger partial charge in [0.1, 0.15) is 10.8 Å². The predicted octanol–water partition coefficient (Wildman–Crippen LogP) is 3.83. The lowest BCUT2D eigenvalue weighted by atomic mass is 9.94. The van der Waals surface area contributed by atoms with Crippen LogP contribution in [0.25, 0.3) is 0 Å². The SMILES string of the molecule is CC(=O)Nc1nnc(CC2CCN(c3ccc(NC(=O)Cc4cccc(OC(F)(F)F)c4)nn3)CC2)s1. The third kappa shape index (κ3) is 8.10. The minimum atomic E-state index is -4.80. The van der Waals surface area contributed by atoms with Crippen LogP contribution in [-0.4, -0.2) is 51.7 Å². The summed E-state index contributed by atoms with van der Waals surface area (Å²) in [7, 11) is 0. The molecule has 0 bridgehead atoms. The molecule has 3 aromatic rings. The van der Waals surface area contributed by atoms with Crippen LogP contribution in [0.5, 0.6) is 5.75 Å². The van der Waals surface area contributed by atoms with Crippen molar-refractivity contribution in [3.8, 4) is 5.75 Å². The van der Waals surface area contributed by atoms with Crippen LogP contribution in [0.4, 0.5) is 29.9 Å². The van der Waals surface area contributed by atoms with E-state index in [0.717, 1.165) is 37.4 Å². The van der Waals surface area contributed by atoms with Crippen molar-refractivity contribution in [2.75, 3.05) is 28.6 Å². The van der Waals surface area contributed by atoms with Crippen LogP contribution in [0.3, 0.4) is 0 Å². The van der Waals surface area contributed by atoms with Gasteiger partial charge >= 0.3 is 6.36 Å². The monoisotopic (exact) mass is 535 g/mol. The van der Waals surface area contributed by atoms with Crippen LogP contribution in [0.1, 0.15) is 30.3 Å². The van der Waals surface area contributed by atoms with Crippen LogP contribution in [0.15, 0.2) is 36.4 Å². The first-order chi connectivity index (χ1) is 17.6. The summed E-state index contributed by atoms with van der Waals surface area (Å²) in [6, 6.07) is 8.67. The molecule has 14 heteroatoms. The van der Waals surface area contributed by atoms with Gasteiger partial charge in [0.2, 0.25) is 16.9 Å². The van der Waals surface area contributed by atoms with Gasteiger partial charge in [-0.1, -0.05) is 23.5 Å². The number of piperidine rings is 1. The highest BCUT2D eigenvalue weighted by atomic mass is 32.1. The molecule has 196 valence electrons. The van der Waals surface area contributed by atoms with Gasteiger partial charge in [0.25, 0.3) is 0 Å². The minimum Gasteiger partial charge on any atom is -0.406 e. The highest BCUT2D eigenvalue weighted by Crippen LogP contribution is 2.27. The summed E-state index contributed by atoms with van der Waals surface area (Å²) in [5.41, 5.74) is 0.367. The Bertz CT molecular complexity index is 1230. The zero-order valence-electron chi connectivity index (χ0n) is 19.8. The Kier molecular flexibility index (Phi) is 8.16. The summed E-state index contributed by atoms with van der Waals surface area (Å²) in [6.07, 6.45) is -2.27. The van der Waals surface area contributed by atoms with Gasteiger partial charge in [-0.25, -0.2) is 0 Å². The number of amides is 2. The summed E-state index contributed by atoms with van der Waals surface area (Å²) in [5.74, 6) is 0.386. The van der Waals surface area contributed by atoms with Gasteiger partial charge in [-0.15, -0.1) is 33.6 Å². The molecule has 10 nitrogen and oxygen atoms in total. The van der Waals surface area contributed by atoms with Crippen LogP contribution < -0.4 is 20.3 Å². The van der Waals surface area contributed by atoms with Crippen molar-refractivity contribution in [1.82, 2.24) is 20.4 Å².